The van der Waals surface area contributed by atoms with E-state index in [0.29, 0.717) is 30.7 Å². The molecular formula is C26H24F7NO2. The SMILES string of the molecule is CC1CC(=O)C=C1N1C[C@@H](O[C@H](C)c2cc(C(F)(F)F)cc(C(F)(F)F)c2)[C@H](c2ccc(F)cc2)C1. The highest BCUT2D eigenvalue weighted by Crippen LogP contribution is 2.41. The zero-order valence-electron chi connectivity index (χ0n) is 19.5. The molecule has 1 heterocycles. The molecule has 1 aliphatic carbocycles. The van der Waals surface area contributed by atoms with Gasteiger partial charge in [0.15, 0.2) is 5.78 Å². The van der Waals surface area contributed by atoms with E-state index in [2.05, 4.69) is 0 Å². The molecule has 2 aromatic carbocycles. The third kappa shape index (κ3) is 5.58. The molecule has 0 aromatic heterocycles. The predicted molar refractivity (Wildman–Crippen MR) is 117 cm³/mol. The first-order chi connectivity index (χ1) is 16.7. The van der Waals surface area contributed by atoms with Crippen LogP contribution < -0.4 is 0 Å². The molecule has 36 heavy (non-hydrogen) atoms. The second-order valence-corrected chi connectivity index (χ2v) is 9.36. The minimum atomic E-state index is -4.96. The topological polar surface area (TPSA) is 29.5 Å². The van der Waals surface area contributed by atoms with E-state index in [-0.39, 0.29) is 35.8 Å². The maximum atomic E-state index is 13.5. The van der Waals surface area contributed by atoms with Crippen molar-refractivity contribution in [1.82, 2.24) is 4.90 Å². The Kier molecular flexibility index (Phi) is 6.94. The largest absolute Gasteiger partial charge is 0.416 e. The Hall–Kier alpha value is -2.88. The summed E-state index contributed by atoms with van der Waals surface area (Å²) in [7, 11) is 0. The van der Waals surface area contributed by atoms with Gasteiger partial charge in [0.1, 0.15) is 5.82 Å². The van der Waals surface area contributed by atoms with E-state index in [1.54, 1.807) is 18.2 Å². The number of allylic oxidation sites excluding steroid dienone is 2. The van der Waals surface area contributed by atoms with Gasteiger partial charge in [-0.3, -0.25) is 4.79 Å². The number of hydrogen-bond donors (Lipinski definition) is 0. The van der Waals surface area contributed by atoms with E-state index < -0.39 is 41.5 Å². The van der Waals surface area contributed by atoms with Crippen LogP contribution in [0.3, 0.4) is 0 Å². The Morgan fingerprint density at radius 2 is 1.53 bits per heavy atom. The summed E-state index contributed by atoms with van der Waals surface area (Å²) in [5, 5.41) is 0. The van der Waals surface area contributed by atoms with E-state index in [0.717, 1.165) is 5.70 Å². The molecule has 10 heteroatoms. The predicted octanol–water partition coefficient (Wildman–Crippen LogP) is 6.90. The smallest absolute Gasteiger partial charge is 0.371 e. The lowest BCUT2D eigenvalue weighted by Gasteiger charge is -2.25. The molecular weight excluding hydrogens is 491 g/mol. The number of rotatable bonds is 5. The Morgan fingerprint density at radius 1 is 0.944 bits per heavy atom. The van der Waals surface area contributed by atoms with Gasteiger partial charge in [-0.2, -0.15) is 26.3 Å². The molecule has 2 aliphatic rings. The van der Waals surface area contributed by atoms with Crippen molar-refractivity contribution in [2.24, 2.45) is 5.92 Å². The van der Waals surface area contributed by atoms with Gasteiger partial charge in [-0.15, -0.1) is 0 Å². The van der Waals surface area contributed by atoms with Crippen LogP contribution in [0, 0.1) is 11.7 Å². The highest BCUT2D eigenvalue weighted by atomic mass is 19.4. The molecule has 0 amide bonds. The van der Waals surface area contributed by atoms with Gasteiger partial charge in [0, 0.05) is 43.1 Å². The zero-order chi connectivity index (χ0) is 26.4. The van der Waals surface area contributed by atoms with Crippen LogP contribution >= 0.6 is 0 Å². The lowest BCUT2D eigenvalue weighted by molar-refractivity contribution is -0.143. The van der Waals surface area contributed by atoms with E-state index in [4.69, 9.17) is 4.74 Å². The lowest BCUT2D eigenvalue weighted by atomic mass is 9.95. The number of likely N-dealkylation sites (tertiary alicyclic amines) is 1. The summed E-state index contributed by atoms with van der Waals surface area (Å²) in [4.78, 5) is 13.9. The standard InChI is InChI=1S/C26H24F7NO2/c1-14-7-21(35)11-23(14)34-12-22(16-3-5-20(27)6-4-16)24(13-34)36-15(2)17-8-18(25(28,29)30)10-19(9-17)26(31,32)33/h3-6,8-11,14-15,22,24H,7,12-13H2,1-2H3/t14?,15-,22+,24-/m1/s1. The summed E-state index contributed by atoms with van der Waals surface area (Å²) in [5.41, 5.74) is -1.54. The monoisotopic (exact) mass is 515 g/mol. The quantitative estimate of drug-likeness (QED) is 0.406. The molecule has 0 N–H and O–H groups in total. The molecule has 1 unspecified atom stereocenters. The molecule has 0 bridgehead atoms. The fraction of sp³-hybridized carbons (Fsp3) is 0.423. The molecule has 1 fully saturated rings. The van der Waals surface area contributed by atoms with E-state index in [9.17, 15) is 35.5 Å². The second-order valence-electron chi connectivity index (χ2n) is 9.36. The number of halogens is 7. The number of ketones is 1. The molecule has 0 saturated carbocycles. The average Bonchev–Trinajstić information content (AvgIpc) is 3.34. The molecule has 1 saturated heterocycles. The third-order valence-corrected chi connectivity index (χ3v) is 6.71. The van der Waals surface area contributed by atoms with Gasteiger partial charge in [-0.05, 0) is 48.4 Å². The zero-order valence-corrected chi connectivity index (χ0v) is 19.5. The Labute approximate surface area is 203 Å². The Bertz CT molecular complexity index is 1120. The summed E-state index contributed by atoms with van der Waals surface area (Å²) in [5.74, 6) is -0.830. The number of carbonyl (C=O) groups excluding carboxylic acids is 1. The van der Waals surface area contributed by atoms with Crippen LogP contribution in [0.4, 0.5) is 30.7 Å². The summed E-state index contributed by atoms with van der Waals surface area (Å²) in [6, 6.07) is 7.13. The van der Waals surface area contributed by atoms with Gasteiger partial charge in [-0.1, -0.05) is 19.1 Å². The molecule has 3 nitrogen and oxygen atoms in total. The van der Waals surface area contributed by atoms with Crippen molar-refractivity contribution < 1.29 is 40.3 Å². The fourth-order valence-corrected chi connectivity index (χ4v) is 4.88. The van der Waals surface area contributed by atoms with Crippen LogP contribution in [0.15, 0.2) is 54.2 Å². The van der Waals surface area contributed by atoms with Gasteiger partial charge < -0.3 is 9.64 Å². The summed E-state index contributed by atoms with van der Waals surface area (Å²) < 4.78 is 99.6. The van der Waals surface area contributed by atoms with Crippen molar-refractivity contribution in [1.29, 1.82) is 0 Å². The molecule has 194 valence electrons. The van der Waals surface area contributed by atoms with Gasteiger partial charge >= 0.3 is 12.4 Å². The number of ether oxygens (including phenoxy) is 1. The Balaban J connectivity index is 1.65. The first-order valence-electron chi connectivity index (χ1n) is 11.4. The first-order valence-corrected chi connectivity index (χ1v) is 11.4. The number of hydrogen-bond acceptors (Lipinski definition) is 3. The molecule has 4 rings (SSSR count). The normalized spacial score (nSPS) is 23.8. The molecule has 2 aromatic rings. The number of carbonyl (C=O) groups is 1. The summed E-state index contributed by atoms with van der Waals surface area (Å²) >= 11 is 0. The minimum absolute atomic E-state index is 0.0165. The molecule has 0 radical (unpaired) electrons. The first kappa shape index (κ1) is 26.2. The van der Waals surface area contributed by atoms with Crippen molar-refractivity contribution in [2.75, 3.05) is 13.1 Å². The van der Waals surface area contributed by atoms with E-state index in [1.807, 2.05) is 11.8 Å². The van der Waals surface area contributed by atoms with Crippen molar-refractivity contribution in [3.63, 3.8) is 0 Å². The van der Waals surface area contributed by atoms with Gasteiger partial charge in [-0.25, -0.2) is 4.39 Å². The minimum Gasteiger partial charge on any atom is -0.371 e. The highest BCUT2D eigenvalue weighted by Gasteiger charge is 2.41. The van der Waals surface area contributed by atoms with Crippen molar-refractivity contribution >= 4 is 5.78 Å². The van der Waals surface area contributed by atoms with Crippen LogP contribution in [-0.4, -0.2) is 29.9 Å². The van der Waals surface area contributed by atoms with Crippen molar-refractivity contribution in [3.05, 3.63) is 82.3 Å². The third-order valence-electron chi connectivity index (χ3n) is 6.71. The molecule has 1 aliphatic heterocycles. The second kappa shape index (κ2) is 9.53. The van der Waals surface area contributed by atoms with Crippen molar-refractivity contribution in [3.8, 4) is 0 Å². The number of benzene rings is 2. The van der Waals surface area contributed by atoms with Crippen LogP contribution in [0.2, 0.25) is 0 Å². The van der Waals surface area contributed by atoms with Gasteiger partial charge in [0.25, 0.3) is 0 Å². The number of alkyl halides is 6. The van der Waals surface area contributed by atoms with Crippen molar-refractivity contribution in [2.45, 2.75) is 50.7 Å². The van der Waals surface area contributed by atoms with Crippen LogP contribution in [0.25, 0.3) is 0 Å². The highest BCUT2D eigenvalue weighted by molar-refractivity contribution is 5.93. The molecule has 0 spiro atoms. The van der Waals surface area contributed by atoms with Gasteiger partial charge in [0.2, 0.25) is 0 Å². The van der Waals surface area contributed by atoms with E-state index >= 15 is 0 Å². The Morgan fingerprint density at radius 3 is 2.03 bits per heavy atom. The lowest BCUT2D eigenvalue weighted by Crippen LogP contribution is -2.26. The summed E-state index contributed by atoms with van der Waals surface area (Å²) in [6.45, 7) is 3.99. The average molecular weight is 515 g/mol. The summed E-state index contributed by atoms with van der Waals surface area (Å²) in [6.07, 6.45) is -9.74. The van der Waals surface area contributed by atoms with Gasteiger partial charge in [0.05, 0.1) is 23.3 Å². The molecule has 4 atom stereocenters. The maximum Gasteiger partial charge on any atom is 0.416 e. The van der Waals surface area contributed by atoms with Crippen LogP contribution in [0.5, 0.6) is 0 Å². The van der Waals surface area contributed by atoms with Crippen LogP contribution in [-0.2, 0) is 21.9 Å². The van der Waals surface area contributed by atoms with Crippen LogP contribution in [0.1, 0.15) is 54.5 Å². The number of nitrogens with zero attached hydrogens (tertiary/aromatic N) is 1. The fourth-order valence-electron chi connectivity index (χ4n) is 4.88. The van der Waals surface area contributed by atoms with E-state index in [1.165, 1.54) is 19.1 Å². The maximum absolute atomic E-state index is 13.5.